The molecule has 0 saturated carbocycles. The van der Waals surface area contributed by atoms with Crippen molar-refractivity contribution in [2.24, 2.45) is 0 Å². The molecule has 9 heavy (non-hydrogen) atoms. The van der Waals surface area contributed by atoms with E-state index in [1.165, 1.54) is 10.8 Å². The molecule has 4 heteroatoms. The van der Waals surface area contributed by atoms with E-state index in [1.807, 2.05) is 0 Å². The fraction of sp³-hybridized carbons (Fsp3) is 0.200. The van der Waals surface area contributed by atoms with Crippen molar-refractivity contribution in [2.45, 2.75) is 6.54 Å². The zero-order valence-corrected chi connectivity index (χ0v) is 4.74. The predicted octanol–water partition coefficient (Wildman–Crippen LogP) is -0.425. The molecule has 0 fully saturated rings. The molecule has 0 atom stereocenters. The number of nitrogens with two attached hydrogens (primary N) is 1. The van der Waals surface area contributed by atoms with Crippen LogP contribution in [0.4, 0.5) is 5.95 Å². The summed E-state index contributed by atoms with van der Waals surface area (Å²) in [4.78, 5) is 13.5. The van der Waals surface area contributed by atoms with Gasteiger partial charge >= 0.3 is 0 Å². The number of nitrogens with zero attached hydrogens (tertiary/aromatic N) is 2. The van der Waals surface area contributed by atoms with Gasteiger partial charge in [0, 0.05) is 12.4 Å². The number of rotatable bonds is 2. The number of carbonyl (C=O) groups excluding carboxylic acids is 1. The number of hydrogen-bond donors (Lipinski definition) is 1. The first kappa shape index (κ1) is 5.81. The number of anilines is 1. The maximum Gasteiger partial charge on any atom is 0.220 e. The summed E-state index contributed by atoms with van der Waals surface area (Å²) in [6.07, 6.45) is 4.86. The molecular weight excluding hydrogens is 118 g/mol. The maximum absolute atomic E-state index is 9.80. The highest BCUT2D eigenvalue weighted by Crippen LogP contribution is 1.94. The van der Waals surface area contributed by atoms with E-state index < -0.39 is 0 Å². The molecule has 0 aliphatic carbocycles. The van der Waals surface area contributed by atoms with Gasteiger partial charge in [0.25, 0.3) is 0 Å². The highest BCUT2D eigenvalue weighted by Gasteiger charge is 1.93. The van der Waals surface area contributed by atoms with E-state index in [2.05, 4.69) is 4.98 Å². The molecule has 0 spiro atoms. The van der Waals surface area contributed by atoms with Gasteiger partial charge in [-0.2, -0.15) is 0 Å². The molecule has 1 aromatic heterocycles. The van der Waals surface area contributed by atoms with Crippen molar-refractivity contribution < 1.29 is 4.79 Å². The Bertz CT molecular complexity index is 206. The molecule has 0 aromatic carbocycles. The largest absolute Gasteiger partial charge is 0.369 e. The first-order valence-electron chi connectivity index (χ1n) is 2.46. The van der Waals surface area contributed by atoms with Crippen molar-refractivity contribution in [1.29, 1.82) is 0 Å². The minimum atomic E-state index is 0.159. The topological polar surface area (TPSA) is 60.9 Å². The predicted molar refractivity (Wildman–Crippen MR) is 32.3 cm³/mol. The third-order valence-electron chi connectivity index (χ3n) is 0.983. The second kappa shape index (κ2) is 2.30. The van der Waals surface area contributed by atoms with E-state index in [0.717, 1.165) is 0 Å². The van der Waals surface area contributed by atoms with E-state index in [9.17, 15) is 4.79 Å². The Balaban J connectivity index is 2.80. The summed E-state index contributed by atoms with van der Waals surface area (Å²) >= 11 is 0. The van der Waals surface area contributed by atoms with Crippen LogP contribution in [0.25, 0.3) is 0 Å². The lowest BCUT2D eigenvalue weighted by Crippen LogP contribution is -2.02. The van der Waals surface area contributed by atoms with Gasteiger partial charge in [0.2, 0.25) is 12.2 Å². The number of aromatic nitrogens is 2. The zero-order chi connectivity index (χ0) is 6.69. The van der Waals surface area contributed by atoms with Crippen LogP contribution in [0.15, 0.2) is 12.4 Å². The summed E-state index contributed by atoms with van der Waals surface area (Å²) in [7, 11) is 0. The van der Waals surface area contributed by atoms with Crippen molar-refractivity contribution in [3.63, 3.8) is 0 Å². The Hall–Kier alpha value is -1.32. The van der Waals surface area contributed by atoms with Crippen LogP contribution in [0.5, 0.6) is 0 Å². The Morgan fingerprint density at radius 1 is 1.89 bits per heavy atom. The Kier molecular flexibility index (Phi) is 1.48. The van der Waals surface area contributed by atoms with Crippen molar-refractivity contribution in [3.8, 4) is 0 Å². The molecule has 2 N–H and O–H groups in total. The zero-order valence-electron chi connectivity index (χ0n) is 4.74. The van der Waals surface area contributed by atoms with Crippen molar-refractivity contribution in [3.05, 3.63) is 12.4 Å². The first-order chi connectivity index (χ1) is 4.34. The second-order valence-electron chi connectivity index (χ2n) is 1.56. The van der Waals surface area contributed by atoms with Crippen LogP contribution < -0.4 is 5.73 Å². The van der Waals surface area contributed by atoms with Gasteiger partial charge in [0.1, 0.15) is 0 Å². The third-order valence-corrected chi connectivity index (χ3v) is 0.983. The van der Waals surface area contributed by atoms with Crippen LogP contribution in [0.3, 0.4) is 0 Å². The summed E-state index contributed by atoms with van der Waals surface area (Å²) in [5.74, 6) is 0.346. The average molecular weight is 124 g/mol. The summed E-state index contributed by atoms with van der Waals surface area (Å²) in [6, 6.07) is 0. The molecule has 0 aliphatic rings. The van der Waals surface area contributed by atoms with Gasteiger partial charge in [0.05, 0.1) is 6.54 Å². The normalized spacial score (nSPS) is 9.33. The van der Waals surface area contributed by atoms with Crippen molar-refractivity contribution >= 4 is 12.2 Å². The van der Waals surface area contributed by atoms with Crippen LogP contribution in [0.1, 0.15) is 0 Å². The smallest absolute Gasteiger partial charge is 0.220 e. The molecule has 0 bridgehead atoms. The molecule has 1 aromatic rings. The summed E-state index contributed by atoms with van der Waals surface area (Å²) in [5.41, 5.74) is 5.30. The minimum absolute atomic E-state index is 0.159. The Morgan fingerprint density at radius 2 is 2.67 bits per heavy atom. The van der Waals surface area contributed by atoms with Crippen molar-refractivity contribution in [1.82, 2.24) is 9.55 Å². The number of nitrogen functional groups attached to an aromatic ring is 1. The van der Waals surface area contributed by atoms with Gasteiger partial charge in [-0.1, -0.05) is 0 Å². The highest BCUT2D eigenvalue weighted by atomic mass is 16.1. The molecule has 1 rings (SSSR count). The Morgan fingerprint density at radius 3 is 3.11 bits per heavy atom. The minimum Gasteiger partial charge on any atom is -0.369 e. The van der Waals surface area contributed by atoms with Crippen LogP contribution in [-0.4, -0.2) is 15.8 Å². The molecule has 0 saturated heterocycles. The van der Waals surface area contributed by atoms with E-state index >= 15 is 0 Å². The summed E-state index contributed by atoms with van der Waals surface area (Å²) in [5, 5.41) is 0. The molecular formula is C5H6N3O. The fourth-order valence-corrected chi connectivity index (χ4v) is 0.544. The van der Waals surface area contributed by atoms with E-state index in [-0.39, 0.29) is 6.54 Å². The summed E-state index contributed by atoms with van der Waals surface area (Å²) < 4.78 is 1.51. The lowest BCUT2D eigenvalue weighted by atomic mass is 10.7. The standard InChI is InChI=1S/C5H6N3O/c6-5-7-1-2-8(5)3-4-9/h1-2H,3H2,(H2,6,7). The van der Waals surface area contributed by atoms with Gasteiger partial charge in [-0.25, -0.2) is 4.98 Å². The fourth-order valence-electron chi connectivity index (χ4n) is 0.544. The first-order valence-corrected chi connectivity index (χ1v) is 2.46. The van der Waals surface area contributed by atoms with Crippen LogP contribution >= 0.6 is 0 Å². The molecule has 0 unspecified atom stereocenters. The molecule has 4 nitrogen and oxygen atoms in total. The molecule has 0 amide bonds. The second-order valence-corrected chi connectivity index (χ2v) is 1.56. The lowest BCUT2D eigenvalue weighted by molar-refractivity contribution is 0.545. The molecule has 1 heterocycles. The lowest BCUT2D eigenvalue weighted by Gasteiger charge is -1.93. The number of hydrogen-bond acceptors (Lipinski definition) is 3. The van der Waals surface area contributed by atoms with Gasteiger partial charge in [-0.15, -0.1) is 0 Å². The molecule has 0 aliphatic heterocycles. The van der Waals surface area contributed by atoms with Crippen LogP contribution in [0.2, 0.25) is 0 Å². The van der Waals surface area contributed by atoms with Crippen molar-refractivity contribution in [2.75, 3.05) is 5.73 Å². The van der Waals surface area contributed by atoms with Crippen LogP contribution in [0, 0.1) is 0 Å². The van der Waals surface area contributed by atoms with Gasteiger partial charge < -0.3 is 10.3 Å². The van der Waals surface area contributed by atoms with Gasteiger partial charge in [-0.05, 0) is 0 Å². The third kappa shape index (κ3) is 1.07. The summed E-state index contributed by atoms with van der Waals surface area (Å²) in [6.45, 7) is 0.159. The maximum atomic E-state index is 9.80. The highest BCUT2D eigenvalue weighted by molar-refractivity contribution is 5.51. The molecule has 47 valence electrons. The van der Waals surface area contributed by atoms with E-state index in [1.54, 1.807) is 12.5 Å². The van der Waals surface area contributed by atoms with Gasteiger partial charge in [-0.3, -0.25) is 4.79 Å². The molecule has 1 radical (unpaired) electrons. The quantitative estimate of drug-likeness (QED) is 0.582. The SMILES string of the molecule is Nc1nccn1C[C]=O. The monoisotopic (exact) mass is 124 g/mol. The Labute approximate surface area is 52.3 Å². The average Bonchev–Trinajstić information content (AvgIpc) is 2.18. The van der Waals surface area contributed by atoms with Gasteiger partial charge in [0.15, 0.2) is 0 Å². The van der Waals surface area contributed by atoms with E-state index in [4.69, 9.17) is 5.73 Å². The van der Waals surface area contributed by atoms with E-state index in [0.29, 0.717) is 5.95 Å². The number of imidazole rings is 1. The van der Waals surface area contributed by atoms with Crippen LogP contribution in [-0.2, 0) is 11.3 Å².